The number of rotatable bonds is 6. The molecule has 0 radical (unpaired) electrons. The lowest BCUT2D eigenvalue weighted by atomic mass is 9.70. The van der Waals surface area contributed by atoms with Crippen LogP contribution in [-0.2, 0) is 5.41 Å². The average Bonchev–Trinajstić information content (AvgIpc) is 3.99. The zero-order valence-corrected chi connectivity index (χ0v) is 34.4. The molecule has 1 heterocycles. The fourth-order valence-corrected chi connectivity index (χ4v) is 10.8. The standard InChI is InChI=1S/C61H39NO/c1-3-15-40(16-4-1)42-27-29-44(30-28-42)59-57(38-37-52-51-22-10-14-26-58(51)63-60(52)59)62(45-33-31-43(32-34-45)41-17-5-2-6-18-41)46-35-36-50-49-21-9-13-25-55(49)61(56(50)39-46)53-23-11-7-19-47(53)48-20-8-12-24-54(48)61/h1-39H. The van der Waals surface area contributed by atoms with E-state index in [1.54, 1.807) is 0 Å². The molecule has 0 amide bonds. The van der Waals surface area contributed by atoms with E-state index in [9.17, 15) is 0 Å². The van der Waals surface area contributed by atoms with Gasteiger partial charge in [0.25, 0.3) is 0 Å². The third kappa shape index (κ3) is 5.25. The summed E-state index contributed by atoms with van der Waals surface area (Å²) in [6.07, 6.45) is 0. The molecule has 2 heteroatoms. The summed E-state index contributed by atoms with van der Waals surface area (Å²) >= 11 is 0. The molecule has 13 rings (SSSR count). The van der Waals surface area contributed by atoms with Crippen LogP contribution in [0.4, 0.5) is 17.1 Å². The van der Waals surface area contributed by atoms with E-state index in [4.69, 9.17) is 4.42 Å². The van der Waals surface area contributed by atoms with E-state index >= 15 is 0 Å². The molecule has 0 aliphatic heterocycles. The lowest BCUT2D eigenvalue weighted by Gasteiger charge is -2.32. The van der Waals surface area contributed by atoms with Gasteiger partial charge < -0.3 is 9.32 Å². The minimum Gasteiger partial charge on any atom is -0.455 e. The topological polar surface area (TPSA) is 16.4 Å². The Balaban J connectivity index is 1.09. The lowest BCUT2D eigenvalue weighted by Crippen LogP contribution is -2.26. The van der Waals surface area contributed by atoms with Gasteiger partial charge in [0.05, 0.1) is 11.1 Å². The van der Waals surface area contributed by atoms with Gasteiger partial charge in [0, 0.05) is 27.7 Å². The van der Waals surface area contributed by atoms with Crippen LogP contribution in [0.5, 0.6) is 0 Å². The van der Waals surface area contributed by atoms with Gasteiger partial charge in [-0.2, -0.15) is 0 Å². The summed E-state index contributed by atoms with van der Waals surface area (Å²) in [7, 11) is 0. The Hall–Kier alpha value is -8.20. The molecule has 1 aromatic heterocycles. The Bertz CT molecular complexity index is 3480. The molecule has 2 aliphatic carbocycles. The Morgan fingerprint density at radius 3 is 1.38 bits per heavy atom. The smallest absolute Gasteiger partial charge is 0.145 e. The van der Waals surface area contributed by atoms with E-state index in [2.05, 4.69) is 241 Å². The van der Waals surface area contributed by atoms with Gasteiger partial charge in [-0.3, -0.25) is 0 Å². The second-order valence-electron chi connectivity index (χ2n) is 16.7. The summed E-state index contributed by atoms with van der Waals surface area (Å²) in [6.45, 7) is 0. The molecule has 10 aromatic carbocycles. The van der Waals surface area contributed by atoms with Crippen LogP contribution in [0.15, 0.2) is 241 Å². The maximum atomic E-state index is 6.94. The summed E-state index contributed by atoms with van der Waals surface area (Å²) in [5.74, 6) is 0. The van der Waals surface area contributed by atoms with Crippen molar-refractivity contribution in [1.29, 1.82) is 0 Å². The van der Waals surface area contributed by atoms with Gasteiger partial charge in [-0.05, 0) is 115 Å². The van der Waals surface area contributed by atoms with Crippen molar-refractivity contribution in [2.75, 3.05) is 4.90 Å². The first kappa shape index (κ1) is 35.5. The molecule has 1 spiro atoms. The van der Waals surface area contributed by atoms with Crippen LogP contribution in [0, 0.1) is 0 Å². The molecule has 2 aliphatic rings. The number of anilines is 3. The molecule has 0 bridgehead atoms. The van der Waals surface area contributed by atoms with Crippen molar-refractivity contribution in [2.45, 2.75) is 5.41 Å². The maximum absolute atomic E-state index is 6.94. The minimum atomic E-state index is -0.475. The van der Waals surface area contributed by atoms with E-state index in [1.807, 2.05) is 0 Å². The quantitative estimate of drug-likeness (QED) is 0.167. The Morgan fingerprint density at radius 2 is 0.778 bits per heavy atom. The highest BCUT2D eigenvalue weighted by atomic mass is 16.3. The van der Waals surface area contributed by atoms with Gasteiger partial charge >= 0.3 is 0 Å². The molecule has 0 atom stereocenters. The molecule has 0 saturated heterocycles. The summed E-state index contributed by atoms with van der Waals surface area (Å²) in [6, 6.07) is 86.4. The van der Waals surface area contributed by atoms with E-state index in [0.717, 1.165) is 50.1 Å². The first-order valence-electron chi connectivity index (χ1n) is 21.8. The van der Waals surface area contributed by atoms with Crippen molar-refractivity contribution in [3.05, 3.63) is 259 Å². The number of fused-ring (bicyclic) bond motifs is 13. The van der Waals surface area contributed by atoms with Crippen molar-refractivity contribution in [3.63, 3.8) is 0 Å². The van der Waals surface area contributed by atoms with E-state index in [1.165, 1.54) is 66.8 Å². The zero-order chi connectivity index (χ0) is 41.5. The third-order valence-corrected chi connectivity index (χ3v) is 13.5. The van der Waals surface area contributed by atoms with Crippen LogP contribution in [0.1, 0.15) is 22.3 Å². The monoisotopic (exact) mass is 801 g/mol. The maximum Gasteiger partial charge on any atom is 0.145 e. The molecular weight excluding hydrogens is 763 g/mol. The van der Waals surface area contributed by atoms with Crippen LogP contribution < -0.4 is 4.90 Å². The highest BCUT2D eigenvalue weighted by molar-refractivity contribution is 6.13. The fraction of sp³-hybridized carbons (Fsp3) is 0.0164. The zero-order valence-electron chi connectivity index (χ0n) is 34.4. The first-order valence-corrected chi connectivity index (χ1v) is 21.8. The van der Waals surface area contributed by atoms with Crippen LogP contribution in [0.3, 0.4) is 0 Å². The van der Waals surface area contributed by atoms with Crippen LogP contribution >= 0.6 is 0 Å². The third-order valence-electron chi connectivity index (χ3n) is 13.5. The van der Waals surface area contributed by atoms with Gasteiger partial charge in [-0.15, -0.1) is 0 Å². The molecule has 11 aromatic rings. The normalized spacial score (nSPS) is 12.9. The van der Waals surface area contributed by atoms with Crippen molar-refractivity contribution in [3.8, 4) is 55.6 Å². The van der Waals surface area contributed by atoms with Crippen LogP contribution in [0.25, 0.3) is 77.6 Å². The van der Waals surface area contributed by atoms with Crippen LogP contribution in [0.2, 0.25) is 0 Å². The Morgan fingerprint density at radius 1 is 0.317 bits per heavy atom. The largest absolute Gasteiger partial charge is 0.455 e. The molecule has 0 N–H and O–H groups in total. The Labute approximate surface area is 366 Å². The molecule has 2 nitrogen and oxygen atoms in total. The number of benzene rings is 10. The molecule has 0 saturated carbocycles. The van der Waals surface area contributed by atoms with Crippen molar-refractivity contribution < 1.29 is 4.42 Å². The van der Waals surface area contributed by atoms with Crippen molar-refractivity contribution in [2.24, 2.45) is 0 Å². The molecule has 294 valence electrons. The van der Waals surface area contributed by atoms with E-state index in [-0.39, 0.29) is 0 Å². The predicted octanol–water partition coefficient (Wildman–Crippen LogP) is 16.4. The summed E-state index contributed by atoms with van der Waals surface area (Å²) in [5.41, 5.74) is 21.7. The highest BCUT2D eigenvalue weighted by Crippen LogP contribution is 2.63. The second-order valence-corrected chi connectivity index (χ2v) is 16.7. The van der Waals surface area contributed by atoms with Gasteiger partial charge in [0.1, 0.15) is 11.2 Å². The number of furan rings is 1. The Kier molecular flexibility index (Phi) is 7.85. The average molecular weight is 802 g/mol. The fourth-order valence-electron chi connectivity index (χ4n) is 10.8. The minimum absolute atomic E-state index is 0.475. The van der Waals surface area contributed by atoms with Crippen molar-refractivity contribution in [1.82, 2.24) is 0 Å². The SMILES string of the molecule is c1ccc(-c2ccc(-c3c(N(c4ccc(-c5ccccc5)cc4)c4ccc5c(c4)C4(c6ccccc6-c6ccccc64)c4ccccc4-5)ccc4c3oc3ccccc34)cc2)cc1. The molecule has 63 heavy (non-hydrogen) atoms. The summed E-state index contributed by atoms with van der Waals surface area (Å²) < 4.78 is 6.94. The second kappa shape index (κ2) is 13.9. The van der Waals surface area contributed by atoms with E-state index < -0.39 is 5.41 Å². The number of para-hydroxylation sites is 1. The molecule has 0 unspecified atom stereocenters. The number of nitrogens with zero attached hydrogens (tertiary/aromatic N) is 1. The highest BCUT2D eigenvalue weighted by Gasteiger charge is 2.51. The number of hydrogen-bond acceptors (Lipinski definition) is 2. The van der Waals surface area contributed by atoms with Gasteiger partial charge in [0.2, 0.25) is 0 Å². The summed E-state index contributed by atoms with van der Waals surface area (Å²) in [4.78, 5) is 2.45. The van der Waals surface area contributed by atoms with Crippen LogP contribution in [-0.4, -0.2) is 0 Å². The predicted molar refractivity (Wildman–Crippen MR) is 261 cm³/mol. The van der Waals surface area contributed by atoms with Gasteiger partial charge in [-0.25, -0.2) is 0 Å². The van der Waals surface area contributed by atoms with Crippen molar-refractivity contribution >= 4 is 39.0 Å². The first-order chi connectivity index (χ1) is 31.3. The lowest BCUT2D eigenvalue weighted by molar-refractivity contribution is 0.670. The van der Waals surface area contributed by atoms with Gasteiger partial charge in [-0.1, -0.05) is 194 Å². The number of hydrogen-bond donors (Lipinski definition) is 0. The van der Waals surface area contributed by atoms with Gasteiger partial charge in [0.15, 0.2) is 0 Å². The summed E-state index contributed by atoms with van der Waals surface area (Å²) in [5, 5.41) is 2.20. The van der Waals surface area contributed by atoms with E-state index in [0.29, 0.717) is 0 Å². The molecular formula is C61H39NO. The molecule has 0 fully saturated rings.